The molecular formula is C12H13N. The van der Waals surface area contributed by atoms with Gasteiger partial charge in [0.2, 0.25) is 0 Å². The van der Waals surface area contributed by atoms with Gasteiger partial charge in [0.15, 0.2) is 0 Å². The molecule has 0 heterocycles. The van der Waals surface area contributed by atoms with Crippen LogP contribution in [0, 0.1) is 11.3 Å². The van der Waals surface area contributed by atoms with E-state index in [2.05, 4.69) is 36.4 Å². The SMILES string of the molecule is C1=CCc2ccccc2C1.CC#N. The van der Waals surface area contributed by atoms with Gasteiger partial charge in [0.1, 0.15) is 0 Å². The molecule has 1 aromatic carbocycles. The molecule has 0 saturated carbocycles. The van der Waals surface area contributed by atoms with Crippen molar-refractivity contribution in [1.29, 1.82) is 5.26 Å². The molecule has 66 valence electrons. The zero-order valence-corrected chi connectivity index (χ0v) is 7.83. The van der Waals surface area contributed by atoms with Gasteiger partial charge in [-0.2, -0.15) is 5.26 Å². The minimum Gasteiger partial charge on any atom is -0.199 e. The van der Waals surface area contributed by atoms with Crippen LogP contribution in [-0.2, 0) is 12.8 Å². The molecule has 13 heavy (non-hydrogen) atoms. The fraction of sp³-hybridized carbons (Fsp3) is 0.250. The Kier molecular flexibility index (Phi) is 3.78. The lowest BCUT2D eigenvalue weighted by Gasteiger charge is -2.08. The Balaban J connectivity index is 0.000000251. The van der Waals surface area contributed by atoms with Crippen LogP contribution in [0.1, 0.15) is 18.1 Å². The summed E-state index contributed by atoms with van der Waals surface area (Å²) in [6.07, 6.45) is 6.72. The lowest BCUT2D eigenvalue weighted by molar-refractivity contribution is 1.09. The highest BCUT2D eigenvalue weighted by Crippen LogP contribution is 2.14. The molecule has 0 N–H and O–H groups in total. The van der Waals surface area contributed by atoms with Gasteiger partial charge in [0, 0.05) is 6.92 Å². The van der Waals surface area contributed by atoms with Crippen LogP contribution in [0.15, 0.2) is 36.4 Å². The second kappa shape index (κ2) is 5.16. The van der Waals surface area contributed by atoms with Gasteiger partial charge < -0.3 is 0 Å². The first-order valence-electron chi connectivity index (χ1n) is 4.41. The Hall–Kier alpha value is -1.55. The summed E-state index contributed by atoms with van der Waals surface area (Å²) in [5.74, 6) is 0. The van der Waals surface area contributed by atoms with Crippen LogP contribution >= 0.6 is 0 Å². The van der Waals surface area contributed by atoms with Gasteiger partial charge >= 0.3 is 0 Å². The van der Waals surface area contributed by atoms with Crippen LogP contribution < -0.4 is 0 Å². The lowest BCUT2D eigenvalue weighted by Crippen LogP contribution is -1.95. The highest BCUT2D eigenvalue weighted by atomic mass is 14.2. The van der Waals surface area contributed by atoms with Crippen molar-refractivity contribution >= 4 is 0 Å². The van der Waals surface area contributed by atoms with E-state index in [1.807, 2.05) is 0 Å². The smallest absolute Gasteiger partial charge is 0.0587 e. The van der Waals surface area contributed by atoms with Gasteiger partial charge in [-0.05, 0) is 24.0 Å². The van der Waals surface area contributed by atoms with Crippen molar-refractivity contribution in [2.75, 3.05) is 0 Å². The maximum Gasteiger partial charge on any atom is 0.0587 e. The largest absolute Gasteiger partial charge is 0.199 e. The zero-order valence-electron chi connectivity index (χ0n) is 7.83. The second-order valence-corrected chi connectivity index (χ2v) is 2.87. The lowest BCUT2D eigenvalue weighted by atomic mass is 9.97. The Morgan fingerprint density at radius 1 is 1.08 bits per heavy atom. The standard InChI is InChI=1S/C10H10.C2H3N/c1-2-6-10-8-4-3-7-9(10)5-1;1-2-3/h1-6H,7-8H2;1H3. The van der Waals surface area contributed by atoms with Crippen LogP contribution in [-0.4, -0.2) is 0 Å². The van der Waals surface area contributed by atoms with Gasteiger partial charge in [-0.15, -0.1) is 0 Å². The number of nitrogens with zero attached hydrogens (tertiary/aromatic N) is 1. The van der Waals surface area contributed by atoms with E-state index in [0.29, 0.717) is 0 Å². The predicted octanol–water partition coefficient (Wildman–Crippen LogP) is 2.87. The molecule has 2 rings (SSSR count). The number of hydrogen-bond acceptors (Lipinski definition) is 1. The maximum atomic E-state index is 7.32. The third-order valence-corrected chi connectivity index (χ3v) is 1.96. The minimum atomic E-state index is 1.12. The zero-order chi connectivity index (χ0) is 9.52. The highest BCUT2D eigenvalue weighted by molar-refractivity contribution is 5.33. The first-order valence-corrected chi connectivity index (χ1v) is 4.41. The van der Waals surface area contributed by atoms with Crippen molar-refractivity contribution in [3.05, 3.63) is 47.5 Å². The fourth-order valence-electron chi connectivity index (χ4n) is 1.38. The number of rotatable bonds is 0. The maximum absolute atomic E-state index is 7.32. The molecule has 1 nitrogen and oxygen atoms in total. The van der Waals surface area contributed by atoms with Gasteiger partial charge in [-0.25, -0.2) is 0 Å². The summed E-state index contributed by atoms with van der Waals surface area (Å²) in [5.41, 5.74) is 2.98. The topological polar surface area (TPSA) is 23.8 Å². The molecule has 1 aliphatic rings. The molecule has 1 heteroatoms. The molecule has 1 aromatic rings. The van der Waals surface area contributed by atoms with Gasteiger partial charge in [-0.1, -0.05) is 36.4 Å². The average molecular weight is 171 g/mol. The van der Waals surface area contributed by atoms with Gasteiger partial charge in [-0.3, -0.25) is 0 Å². The normalized spacial score (nSPS) is 12.0. The van der Waals surface area contributed by atoms with Crippen molar-refractivity contribution in [3.8, 4) is 6.07 Å². The van der Waals surface area contributed by atoms with Gasteiger partial charge in [0.25, 0.3) is 0 Å². The van der Waals surface area contributed by atoms with E-state index in [0.717, 1.165) is 12.8 Å². The molecule has 0 aliphatic heterocycles. The van der Waals surface area contributed by atoms with E-state index >= 15 is 0 Å². The Morgan fingerprint density at radius 2 is 1.46 bits per heavy atom. The average Bonchev–Trinajstić information content (AvgIpc) is 2.19. The molecule has 0 radical (unpaired) electrons. The van der Waals surface area contributed by atoms with Crippen molar-refractivity contribution in [1.82, 2.24) is 0 Å². The molecule has 1 aliphatic carbocycles. The monoisotopic (exact) mass is 171 g/mol. The predicted molar refractivity (Wildman–Crippen MR) is 54.3 cm³/mol. The number of benzene rings is 1. The van der Waals surface area contributed by atoms with E-state index in [4.69, 9.17) is 5.26 Å². The van der Waals surface area contributed by atoms with E-state index < -0.39 is 0 Å². The molecular weight excluding hydrogens is 158 g/mol. The molecule has 0 bridgehead atoms. The van der Waals surface area contributed by atoms with Crippen LogP contribution in [0.4, 0.5) is 0 Å². The highest BCUT2D eigenvalue weighted by Gasteiger charge is 2.00. The molecule has 0 atom stereocenters. The molecule has 0 saturated heterocycles. The second-order valence-electron chi connectivity index (χ2n) is 2.87. The Morgan fingerprint density at radius 3 is 1.85 bits per heavy atom. The van der Waals surface area contributed by atoms with Crippen molar-refractivity contribution < 1.29 is 0 Å². The van der Waals surface area contributed by atoms with Gasteiger partial charge in [0.05, 0.1) is 6.07 Å². The number of fused-ring (bicyclic) bond motifs is 1. The van der Waals surface area contributed by atoms with E-state index in [1.54, 1.807) is 6.07 Å². The third-order valence-electron chi connectivity index (χ3n) is 1.96. The minimum absolute atomic E-state index is 1.12. The summed E-state index contributed by atoms with van der Waals surface area (Å²) < 4.78 is 0. The summed E-state index contributed by atoms with van der Waals surface area (Å²) in [4.78, 5) is 0. The summed E-state index contributed by atoms with van der Waals surface area (Å²) in [7, 11) is 0. The Bertz CT molecular complexity index is 304. The van der Waals surface area contributed by atoms with Crippen molar-refractivity contribution in [2.24, 2.45) is 0 Å². The number of nitriles is 1. The summed E-state index contributed by atoms with van der Waals surface area (Å²) in [5, 5.41) is 7.32. The number of hydrogen-bond donors (Lipinski definition) is 0. The van der Waals surface area contributed by atoms with E-state index in [1.165, 1.54) is 18.1 Å². The summed E-state index contributed by atoms with van der Waals surface area (Å²) in [6, 6.07) is 10.4. The quantitative estimate of drug-likeness (QED) is 0.550. The third kappa shape index (κ3) is 2.76. The molecule has 0 unspecified atom stereocenters. The van der Waals surface area contributed by atoms with E-state index in [-0.39, 0.29) is 0 Å². The summed E-state index contributed by atoms with van der Waals surface area (Å²) >= 11 is 0. The van der Waals surface area contributed by atoms with Crippen molar-refractivity contribution in [2.45, 2.75) is 19.8 Å². The van der Waals surface area contributed by atoms with Crippen LogP contribution in [0.2, 0.25) is 0 Å². The van der Waals surface area contributed by atoms with Crippen molar-refractivity contribution in [3.63, 3.8) is 0 Å². The first-order chi connectivity index (χ1) is 6.38. The molecule has 0 fully saturated rings. The number of allylic oxidation sites excluding steroid dienone is 2. The fourth-order valence-corrected chi connectivity index (χ4v) is 1.38. The molecule has 0 spiro atoms. The molecule has 0 amide bonds. The van der Waals surface area contributed by atoms with Crippen LogP contribution in [0.25, 0.3) is 0 Å². The first kappa shape index (κ1) is 9.54. The summed E-state index contributed by atoms with van der Waals surface area (Å²) in [6.45, 7) is 1.43. The Labute approximate surface area is 79.3 Å². The van der Waals surface area contributed by atoms with E-state index in [9.17, 15) is 0 Å². The van der Waals surface area contributed by atoms with Crippen LogP contribution in [0.3, 0.4) is 0 Å². The molecule has 0 aromatic heterocycles. The van der Waals surface area contributed by atoms with Crippen LogP contribution in [0.5, 0.6) is 0 Å².